The lowest BCUT2D eigenvalue weighted by Crippen LogP contribution is -2.24. The number of carbonyl (C=O) groups is 2. The molecule has 6 heteroatoms. The number of benzene rings is 1. The number of ketones is 1. The fourth-order valence-corrected chi connectivity index (χ4v) is 3.75. The van der Waals surface area contributed by atoms with Crippen LogP contribution in [0, 0.1) is 0 Å². The average molecular weight is 402 g/mol. The zero-order chi connectivity index (χ0) is 20.5. The Bertz CT molecular complexity index is 780. The third-order valence-corrected chi connectivity index (χ3v) is 5.26. The lowest BCUT2D eigenvalue weighted by molar-refractivity contribution is -0.116. The van der Waals surface area contributed by atoms with Crippen molar-refractivity contribution in [2.24, 2.45) is 5.16 Å². The summed E-state index contributed by atoms with van der Waals surface area (Å²) in [5.74, 6) is 0.538. The van der Waals surface area contributed by atoms with Gasteiger partial charge in [-0.25, -0.2) is 0 Å². The molecule has 0 aromatic heterocycles. The van der Waals surface area contributed by atoms with Crippen LogP contribution in [0.15, 0.2) is 53.4 Å². The molecule has 1 N–H and O–H groups in total. The van der Waals surface area contributed by atoms with E-state index < -0.39 is 0 Å². The van der Waals surface area contributed by atoms with Crippen LogP contribution in [0.25, 0.3) is 0 Å². The van der Waals surface area contributed by atoms with Crippen LogP contribution < -0.4 is 0 Å². The maximum atomic E-state index is 12.8. The molecule has 0 saturated carbocycles. The van der Waals surface area contributed by atoms with Gasteiger partial charge in [0.1, 0.15) is 12.4 Å². The van der Waals surface area contributed by atoms with Crippen LogP contribution in [-0.4, -0.2) is 34.1 Å². The third kappa shape index (κ3) is 5.58. The van der Waals surface area contributed by atoms with Crippen molar-refractivity contribution < 1.29 is 19.5 Å². The van der Waals surface area contributed by atoms with Crippen molar-refractivity contribution in [3.05, 3.63) is 59.4 Å². The molecule has 1 unspecified atom stereocenters. The van der Waals surface area contributed by atoms with Gasteiger partial charge < -0.3 is 9.94 Å². The van der Waals surface area contributed by atoms with E-state index >= 15 is 0 Å². The van der Waals surface area contributed by atoms with Gasteiger partial charge in [-0.1, -0.05) is 74.1 Å². The Morgan fingerprint density at radius 3 is 2.61 bits per heavy atom. The fraction of sp³-hybridized carbons (Fsp3) is 0.409. The van der Waals surface area contributed by atoms with Crippen molar-refractivity contribution in [2.45, 2.75) is 45.4 Å². The second kappa shape index (κ2) is 10.9. The van der Waals surface area contributed by atoms with Gasteiger partial charge in [-0.3, -0.25) is 9.59 Å². The number of rotatable bonds is 9. The van der Waals surface area contributed by atoms with Crippen LogP contribution in [0.2, 0.25) is 0 Å². The second-order valence-corrected chi connectivity index (χ2v) is 7.80. The first-order valence-corrected chi connectivity index (χ1v) is 10.5. The molecule has 0 fully saturated rings. The smallest absolute Gasteiger partial charge is 0.219 e. The van der Waals surface area contributed by atoms with Gasteiger partial charge in [0.2, 0.25) is 5.12 Å². The molecule has 1 aromatic carbocycles. The summed E-state index contributed by atoms with van der Waals surface area (Å²) in [7, 11) is 0. The summed E-state index contributed by atoms with van der Waals surface area (Å²) in [5, 5.41) is 14.7. The molecule has 1 aliphatic rings. The normalized spacial score (nSPS) is 17.6. The number of oxime groups is 1. The maximum Gasteiger partial charge on any atom is 0.219 e. The maximum absolute atomic E-state index is 12.8. The van der Waals surface area contributed by atoms with Crippen LogP contribution in [0.3, 0.4) is 0 Å². The minimum atomic E-state index is -0.134. The molecule has 0 spiro atoms. The van der Waals surface area contributed by atoms with E-state index in [4.69, 9.17) is 4.84 Å². The molecule has 0 heterocycles. The monoisotopic (exact) mass is 401 g/mol. The molecule has 0 amide bonds. The van der Waals surface area contributed by atoms with Crippen molar-refractivity contribution in [3.63, 3.8) is 0 Å². The van der Waals surface area contributed by atoms with Crippen LogP contribution in [0.5, 0.6) is 0 Å². The minimum absolute atomic E-state index is 0.0405. The van der Waals surface area contributed by atoms with Gasteiger partial charge in [-0.2, -0.15) is 0 Å². The van der Waals surface area contributed by atoms with E-state index in [1.165, 1.54) is 11.8 Å². The highest BCUT2D eigenvalue weighted by molar-refractivity contribution is 8.14. The van der Waals surface area contributed by atoms with E-state index in [1.54, 1.807) is 18.2 Å². The highest BCUT2D eigenvalue weighted by Gasteiger charge is 2.31. The van der Waals surface area contributed by atoms with Gasteiger partial charge in [0.05, 0.1) is 11.3 Å². The molecule has 28 heavy (non-hydrogen) atoms. The van der Waals surface area contributed by atoms with Crippen LogP contribution in [-0.2, 0) is 9.63 Å². The summed E-state index contributed by atoms with van der Waals surface area (Å²) in [6.07, 6.45) is 3.57. The van der Waals surface area contributed by atoms with Crippen LogP contribution in [0.1, 0.15) is 61.4 Å². The molecular formula is C22H27NO4S. The van der Waals surface area contributed by atoms with Crippen molar-refractivity contribution in [1.82, 2.24) is 0 Å². The molecule has 0 bridgehead atoms. The van der Waals surface area contributed by atoms with Gasteiger partial charge in [-0.05, 0) is 23.7 Å². The Morgan fingerprint density at radius 2 is 2.04 bits per heavy atom. The van der Waals surface area contributed by atoms with Crippen LogP contribution >= 0.6 is 11.8 Å². The first-order valence-electron chi connectivity index (χ1n) is 9.54. The highest BCUT2D eigenvalue weighted by atomic mass is 32.2. The highest BCUT2D eigenvalue weighted by Crippen LogP contribution is 2.35. The minimum Gasteiger partial charge on any atom is -0.511 e. The van der Waals surface area contributed by atoms with Crippen molar-refractivity contribution in [2.75, 3.05) is 12.4 Å². The van der Waals surface area contributed by atoms with E-state index in [-0.39, 0.29) is 34.8 Å². The number of hydrogen-bond acceptors (Lipinski definition) is 6. The molecule has 0 saturated heterocycles. The predicted octanol–water partition coefficient (Wildman–Crippen LogP) is 5.20. The SMILES string of the molecule is C=CCO/N=C(\CCC)C1=C(O)CC(c2ccc(C(=O)SCC)cc2)CC1=O. The number of allylic oxidation sites excluding steroid dienone is 2. The molecule has 150 valence electrons. The Labute approximate surface area is 170 Å². The molecule has 1 aromatic rings. The summed E-state index contributed by atoms with van der Waals surface area (Å²) < 4.78 is 0. The van der Waals surface area contributed by atoms with E-state index in [0.29, 0.717) is 30.5 Å². The lowest BCUT2D eigenvalue weighted by Gasteiger charge is -2.24. The number of carbonyl (C=O) groups excluding carboxylic acids is 2. The van der Waals surface area contributed by atoms with Crippen molar-refractivity contribution >= 4 is 28.4 Å². The molecule has 5 nitrogen and oxygen atoms in total. The first-order chi connectivity index (χ1) is 13.5. The average Bonchev–Trinajstić information content (AvgIpc) is 2.68. The summed E-state index contributed by atoms with van der Waals surface area (Å²) in [6.45, 7) is 7.74. The Kier molecular flexibility index (Phi) is 8.51. The molecular weight excluding hydrogens is 374 g/mol. The molecule has 0 aliphatic heterocycles. The summed E-state index contributed by atoms with van der Waals surface area (Å²) >= 11 is 1.27. The van der Waals surface area contributed by atoms with E-state index in [1.807, 2.05) is 26.0 Å². The number of nitrogens with zero attached hydrogens (tertiary/aromatic N) is 1. The van der Waals surface area contributed by atoms with Gasteiger partial charge in [-0.15, -0.1) is 0 Å². The summed E-state index contributed by atoms with van der Waals surface area (Å²) in [5.41, 5.74) is 2.36. The summed E-state index contributed by atoms with van der Waals surface area (Å²) in [6, 6.07) is 7.31. The first kappa shape index (κ1) is 22.0. The van der Waals surface area contributed by atoms with Crippen molar-refractivity contribution in [1.29, 1.82) is 0 Å². The van der Waals surface area contributed by atoms with E-state index in [2.05, 4.69) is 11.7 Å². The summed E-state index contributed by atoms with van der Waals surface area (Å²) in [4.78, 5) is 29.9. The molecule has 2 rings (SSSR count). The van der Waals surface area contributed by atoms with Gasteiger partial charge in [0, 0.05) is 18.4 Å². The number of Topliss-reactive ketones (excluding diaryl/α,β-unsaturated/α-hetero) is 1. The molecule has 1 atom stereocenters. The second-order valence-electron chi connectivity index (χ2n) is 6.56. The predicted molar refractivity (Wildman–Crippen MR) is 114 cm³/mol. The zero-order valence-corrected chi connectivity index (χ0v) is 17.3. The largest absolute Gasteiger partial charge is 0.511 e. The number of aliphatic hydroxyl groups excluding tert-OH is 1. The number of aliphatic hydroxyl groups is 1. The quantitative estimate of drug-likeness (QED) is 0.266. The molecule has 0 radical (unpaired) electrons. The Morgan fingerprint density at radius 1 is 1.32 bits per heavy atom. The molecule has 1 aliphatic carbocycles. The Hall–Kier alpha value is -2.34. The van der Waals surface area contributed by atoms with E-state index in [9.17, 15) is 14.7 Å². The Balaban J connectivity index is 2.20. The van der Waals surface area contributed by atoms with E-state index in [0.717, 1.165) is 17.7 Å². The van der Waals surface area contributed by atoms with Gasteiger partial charge in [0.25, 0.3) is 0 Å². The van der Waals surface area contributed by atoms with Crippen molar-refractivity contribution in [3.8, 4) is 0 Å². The number of hydrogen-bond donors (Lipinski definition) is 1. The zero-order valence-electron chi connectivity index (χ0n) is 16.4. The topological polar surface area (TPSA) is 76.0 Å². The number of thioether (sulfide) groups is 1. The lowest BCUT2D eigenvalue weighted by atomic mass is 9.80. The van der Waals surface area contributed by atoms with Gasteiger partial charge >= 0.3 is 0 Å². The third-order valence-electron chi connectivity index (χ3n) is 4.47. The fourth-order valence-electron chi connectivity index (χ4n) is 3.18. The van der Waals surface area contributed by atoms with Gasteiger partial charge in [0.15, 0.2) is 5.78 Å². The van der Waals surface area contributed by atoms with Crippen LogP contribution in [0.4, 0.5) is 0 Å². The standard InChI is InChI=1S/C22H27NO4S/c1-4-7-18(23-27-12-5-2)21-19(24)13-17(14-20(21)25)15-8-10-16(11-9-15)22(26)28-6-3/h5,8-11,17,24H,2,4,6-7,12-14H2,1,3H3/b23-18+.